The van der Waals surface area contributed by atoms with Crippen molar-refractivity contribution in [2.45, 2.75) is 64.4 Å². The number of likely N-dealkylation sites (tertiary alicyclic amines) is 1. The molecule has 4 rings (SSSR count). The number of nitrogens with zero attached hydrogens (tertiary/aromatic N) is 2. The molecule has 2 heterocycles. The minimum absolute atomic E-state index is 0.0783. The highest BCUT2D eigenvalue weighted by atomic mass is 32.2. The second-order valence-corrected chi connectivity index (χ2v) is 10.2. The lowest BCUT2D eigenvalue weighted by Crippen LogP contribution is -2.54. The number of hydrogen-bond donors (Lipinski definition) is 1. The van der Waals surface area contributed by atoms with E-state index in [0.29, 0.717) is 5.75 Å². The lowest BCUT2D eigenvalue weighted by atomic mass is 10.0. The summed E-state index contributed by atoms with van der Waals surface area (Å²) in [6, 6.07) is 13.7. The molecule has 0 bridgehead atoms. The topological polar surface area (TPSA) is 52.7 Å². The summed E-state index contributed by atoms with van der Waals surface area (Å²) < 4.78 is 0. The molecule has 2 aliphatic rings. The molecule has 3 atom stereocenters. The molecule has 3 amide bonds. The third-order valence-electron chi connectivity index (χ3n) is 6.73. The van der Waals surface area contributed by atoms with E-state index in [4.69, 9.17) is 0 Å². The summed E-state index contributed by atoms with van der Waals surface area (Å²) in [6.45, 7) is 9.05. The molecular formula is C26H33N3O2S. The number of thioether (sulfide) groups is 1. The monoisotopic (exact) mass is 451 g/mol. The predicted octanol–water partition coefficient (Wildman–Crippen LogP) is 5.66. The summed E-state index contributed by atoms with van der Waals surface area (Å²) in [5.74, 6) is 0.690. The zero-order chi connectivity index (χ0) is 22.8. The molecule has 2 fully saturated rings. The maximum absolute atomic E-state index is 13.6. The highest BCUT2D eigenvalue weighted by Crippen LogP contribution is 2.42. The maximum atomic E-state index is 13.6. The van der Waals surface area contributed by atoms with Crippen molar-refractivity contribution in [3.63, 3.8) is 0 Å². The van der Waals surface area contributed by atoms with Crippen molar-refractivity contribution in [3.05, 3.63) is 64.7 Å². The van der Waals surface area contributed by atoms with Crippen LogP contribution in [0.15, 0.2) is 42.5 Å². The Morgan fingerprint density at radius 1 is 1.00 bits per heavy atom. The number of carbonyl (C=O) groups is 2. The lowest BCUT2D eigenvalue weighted by Gasteiger charge is -2.38. The smallest absolute Gasteiger partial charge is 0.323 e. The Morgan fingerprint density at radius 3 is 2.44 bits per heavy atom. The largest absolute Gasteiger partial charge is 0.338 e. The van der Waals surface area contributed by atoms with Gasteiger partial charge in [0.2, 0.25) is 5.91 Å². The molecule has 1 N–H and O–H groups in total. The van der Waals surface area contributed by atoms with Crippen LogP contribution in [0.2, 0.25) is 0 Å². The van der Waals surface area contributed by atoms with E-state index in [1.165, 1.54) is 11.1 Å². The molecular weight excluding hydrogens is 418 g/mol. The first-order valence-electron chi connectivity index (χ1n) is 11.5. The van der Waals surface area contributed by atoms with Crippen LogP contribution in [-0.2, 0) is 4.79 Å². The predicted molar refractivity (Wildman–Crippen MR) is 132 cm³/mol. The average Bonchev–Trinajstić information content (AvgIpc) is 3.22. The van der Waals surface area contributed by atoms with Crippen molar-refractivity contribution in [1.29, 1.82) is 0 Å². The van der Waals surface area contributed by atoms with Crippen LogP contribution in [0, 0.1) is 20.8 Å². The van der Waals surface area contributed by atoms with E-state index < -0.39 is 6.04 Å². The van der Waals surface area contributed by atoms with Gasteiger partial charge in [-0.1, -0.05) is 35.9 Å². The van der Waals surface area contributed by atoms with E-state index in [0.717, 1.165) is 42.6 Å². The van der Waals surface area contributed by atoms with Crippen LogP contribution >= 0.6 is 11.8 Å². The highest BCUT2D eigenvalue weighted by molar-refractivity contribution is 7.99. The zero-order valence-corrected chi connectivity index (χ0v) is 20.2. The van der Waals surface area contributed by atoms with Crippen molar-refractivity contribution >= 4 is 29.4 Å². The van der Waals surface area contributed by atoms with Gasteiger partial charge in [-0.2, -0.15) is 0 Å². The first-order valence-corrected chi connectivity index (χ1v) is 12.6. The molecule has 0 unspecified atom stereocenters. The van der Waals surface area contributed by atoms with Crippen LogP contribution < -0.4 is 5.32 Å². The standard InChI is InChI=1S/C26H33N3O2S/c1-17-8-11-21(12-9-17)25-29(26(31)27-22-13-10-18(2)19(3)15-22)23(16-32-25)24(30)28-14-6-5-7-20(28)4/h8-13,15,20,23,25H,5-7,14,16H2,1-4H3,(H,27,31)/t20-,23-,25-/m0/s1. The van der Waals surface area contributed by atoms with Gasteiger partial charge in [0.05, 0.1) is 0 Å². The van der Waals surface area contributed by atoms with Crippen molar-refractivity contribution in [2.75, 3.05) is 17.6 Å². The summed E-state index contributed by atoms with van der Waals surface area (Å²) in [5.41, 5.74) is 5.30. The number of benzene rings is 2. The Balaban J connectivity index is 1.63. The molecule has 2 saturated heterocycles. The van der Waals surface area contributed by atoms with Crippen molar-refractivity contribution in [3.8, 4) is 0 Å². The Kier molecular flexibility index (Phi) is 6.79. The molecule has 5 nitrogen and oxygen atoms in total. The highest BCUT2D eigenvalue weighted by Gasteiger charge is 2.44. The van der Waals surface area contributed by atoms with Crippen LogP contribution in [0.3, 0.4) is 0 Å². The quantitative estimate of drug-likeness (QED) is 0.655. The van der Waals surface area contributed by atoms with Gasteiger partial charge in [-0.05, 0) is 75.8 Å². The van der Waals surface area contributed by atoms with E-state index in [1.54, 1.807) is 16.7 Å². The average molecular weight is 452 g/mol. The van der Waals surface area contributed by atoms with E-state index in [1.807, 2.05) is 30.0 Å². The van der Waals surface area contributed by atoms with Crippen LogP contribution in [0.4, 0.5) is 10.5 Å². The van der Waals surface area contributed by atoms with Gasteiger partial charge in [0, 0.05) is 24.0 Å². The first kappa shape index (κ1) is 22.7. The van der Waals surface area contributed by atoms with Gasteiger partial charge in [0.1, 0.15) is 11.4 Å². The van der Waals surface area contributed by atoms with Gasteiger partial charge in [-0.25, -0.2) is 4.79 Å². The fourth-order valence-corrected chi connectivity index (χ4v) is 5.98. The zero-order valence-electron chi connectivity index (χ0n) is 19.4. The molecule has 0 aliphatic carbocycles. The van der Waals surface area contributed by atoms with Gasteiger partial charge < -0.3 is 10.2 Å². The van der Waals surface area contributed by atoms with Crippen molar-refractivity contribution in [1.82, 2.24) is 9.80 Å². The Bertz CT molecular complexity index is 991. The first-order chi connectivity index (χ1) is 15.3. The van der Waals surface area contributed by atoms with E-state index in [9.17, 15) is 9.59 Å². The molecule has 32 heavy (non-hydrogen) atoms. The molecule has 2 aromatic carbocycles. The number of piperidine rings is 1. The second-order valence-electron chi connectivity index (χ2n) is 9.13. The molecule has 0 saturated carbocycles. The Labute approximate surface area is 195 Å². The number of urea groups is 1. The van der Waals surface area contributed by atoms with Gasteiger partial charge in [0.15, 0.2) is 0 Å². The molecule has 6 heteroatoms. The van der Waals surface area contributed by atoms with Gasteiger partial charge >= 0.3 is 6.03 Å². The van der Waals surface area contributed by atoms with Crippen molar-refractivity contribution < 1.29 is 9.59 Å². The van der Waals surface area contributed by atoms with E-state index in [2.05, 4.69) is 50.4 Å². The van der Waals surface area contributed by atoms with E-state index in [-0.39, 0.29) is 23.4 Å². The summed E-state index contributed by atoms with van der Waals surface area (Å²) in [4.78, 5) is 30.9. The third kappa shape index (κ3) is 4.65. The summed E-state index contributed by atoms with van der Waals surface area (Å²) in [6.07, 6.45) is 3.22. The minimum Gasteiger partial charge on any atom is -0.338 e. The Hall–Kier alpha value is -2.47. The molecule has 0 spiro atoms. The third-order valence-corrected chi connectivity index (χ3v) is 8.05. The molecule has 0 aromatic heterocycles. The summed E-state index contributed by atoms with van der Waals surface area (Å²) in [7, 11) is 0. The fraction of sp³-hybridized carbons (Fsp3) is 0.462. The number of nitrogens with one attached hydrogen (secondary N) is 1. The van der Waals surface area contributed by atoms with Gasteiger partial charge in [-0.15, -0.1) is 11.8 Å². The second kappa shape index (κ2) is 9.57. The molecule has 2 aliphatic heterocycles. The van der Waals surface area contributed by atoms with E-state index >= 15 is 0 Å². The number of hydrogen-bond acceptors (Lipinski definition) is 3. The number of amides is 3. The SMILES string of the molecule is Cc1ccc([C@@H]2SC[C@@H](C(=O)N3CCCC[C@@H]3C)N2C(=O)Nc2ccc(C)c(C)c2)cc1. The number of rotatable bonds is 3. The molecule has 2 aromatic rings. The summed E-state index contributed by atoms with van der Waals surface area (Å²) >= 11 is 1.67. The summed E-state index contributed by atoms with van der Waals surface area (Å²) in [5, 5.41) is 2.88. The van der Waals surface area contributed by atoms with Crippen LogP contribution in [0.25, 0.3) is 0 Å². The van der Waals surface area contributed by atoms with Crippen LogP contribution in [-0.4, -0.2) is 46.1 Å². The minimum atomic E-state index is -0.460. The Morgan fingerprint density at radius 2 is 1.75 bits per heavy atom. The fourth-order valence-electron chi connectivity index (χ4n) is 4.56. The number of anilines is 1. The van der Waals surface area contributed by atoms with Gasteiger partial charge in [-0.3, -0.25) is 9.69 Å². The van der Waals surface area contributed by atoms with Crippen molar-refractivity contribution in [2.24, 2.45) is 0 Å². The number of aryl methyl sites for hydroxylation is 3. The molecule has 170 valence electrons. The van der Waals surface area contributed by atoms with Gasteiger partial charge in [0.25, 0.3) is 0 Å². The number of carbonyl (C=O) groups excluding carboxylic acids is 2. The maximum Gasteiger partial charge on any atom is 0.323 e. The van der Waals surface area contributed by atoms with Crippen LogP contribution in [0.1, 0.15) is 53.8 Å². The molecule has 0 radical (unpaired) electrons. The lowest BCUT2D eigenvalue weighted by molar-refractivity contribution is -0.138. The normalized spacial score (nSPS) is 23.3. The van der Waals surface area contributed by atoms with Crippen LogP contribution in [0.5, 0.6) is 0 Å².